The van der Waals surface area contributed by atoms with Crippen molar-refractivity contribution in [1.29, 1.82) is 0 Å². The van der Waals surface area contributed by atoms with E-state index in [1.54, 1.807) is 0 Å². The topological polar surface area (TPSA) is 48.0 Å². The number of piperidine rings is 1. The third-order valence-electron chi connectivity index (χ3n) is 6.87. The molecule has 1 aromatic rings. The normalized spacial score (nSPS) is 30.5. The Morgan fingerprint density at radius 2 is 2.04 bits per heavy atom. The molecule has 5 heteroatoms. The lowest BCUT2D eigenvalue weighted by Gasteiger charge is -2.42. The van der Waals surface area contributed by atoms with E-state index in [0.29, 0.717) is 23.6 Å². The van der Waals surface area contributed by atoms with Crippen LogP contribution in [0.4, 0.5) is 0 Å². The van der Waals surface area contributed by atoms with Crippen LogP contribution in [0.3, 0.4) is 0 Å². The van der Waals surface area contributed by atoms with Gasteiger partial charge in [-0.1, -0.05) is 0 Å². The first-order valence-electron chi connectivity index (χ1n) is 10.0. The number of hydrogen-bond acceptors (Lipinski definition) is 5. The minimum atomic E-state index is -0.219. The molecule has 1 aromatic carbocycles. The molecule has 1 saturated carbocycles. The Bertz CT molecular complexity index is 687. The van der Waals surface area contributed by atoms with Gasteiger partial charge < -0.3 is 14.2 Å². The van der Waals surface area contributed by atoms with Crippen molar-refractivity contribution < 1.29 is 19.0 Å². The van der Waals surface area contributed by atoms with Gasteiger partial charge in [0, 0.05) is 18.2 Å². The Morgan fingerprint density at radius 1 is 1.15 bits per heavy atom. The highest BCUT2D eigenvalue weighted by Crippen LogP contribution is 2.41. The van der Waals surface area contributed by atoms with Gasteiger partial charge in [-0.05, 0) is 75.2 Å². The van der Waals surface area contributed by atoms with Crippen LogP contribution in [-0.4, -0.2) is 49.3 Å². The second-order valence-electron chi connectivity index (χ2n) is 8.39. The molecule has 0 aromatic heterocycles. The van der Waals surface area contributed by atoms with E-state index < -0.39 is 0 Å². The molecule has 0 N–H and O–H groups in total. The molecule has 0 amide bonds. The lowest BCUT2D eigenvalue weighted by atomic mass is 9.77. The molecule has 3 fully saturated rings. The predicted octanol–water partition coefficient (Wildman–Crippen LogP) is 3.16. The lowest BCUT2D eigenvalue weighted by molar-refractivity contribution is 0.0263. The van der Waals surface area contributed by atoms with E-state index in [-0.39, 0.29) is 12.1 Å². The van der Waals surface area contributed by atoms with Crippen molar-refractivity contribution in [2.24, 2.45) is 5.41 Å². The lowest BCUT2D eigenvalue weighted by Crippen LogP contribution is -2.49. The number of carbonyl (C=O) groups excluding carboxylic acids is 1. The van der Waals surface area contributed by atoms with E-state index in [1.165, 1.54) is 45.2 Å². The van der Waals surface area contributed by atoms with Crippen molar-refractivity contribution in [3.05, 3.63) is 29.3 Å². The number of esters is 1. The van der Waals surface area contributed by atoms with Crippen molar-refractivity contribution in [1.82, 2.24) is 4.90 Å². The SMILES string of the molecule is O=C1OCc2cc(OC3CCCC3N3CCC4(CCOC4)CC3)ccc21. The van der Waals surface area contributed by atoms with Gasteiger partial charge in [0.25, 0.3) is 0 Å². The van der Waals surface area contributed by atoms with Crippen LogP contribution in [0.25, 0.3) is 0 Å². The molecular weight excluding hydrogens is 330 g/mol. The second-order valence-corrected chi connectivity index (χ2v) is 8.39. The minimum Gasteiger partial charge on any atom is -0.489 e. The fourth-order valence-corrected chi connectivity index (χ4v) is 5.19. The maximum absolute atomic E-state index is 11.6. The van der Waals surface area contributed by atoms with Crippen molar-refractivity contribution in [2.75, 3.05) is 26.3 Å². The van der Waals surface area contributed by atoms with Gasteiger partial charge >= 0.3 is 5.97 Å². The molecule has 0 radical (unpaired) electrons. The van der Waals surface area contributed by atoms with Crippen LogP contribution in [0.15, 0.2) is 18.2 Å². The molecule has 5 nitrogen and oxygen atoms in total. The van der Waals surface area contributed by atoms with Crippen LogP contribution >= 0.6 is 0 Å². The van der Waals surface area contributed by atoms with E-state index in [1.807, 2.05) is 18.2 Å². The number of rotatable bonds is 3. The summed E-state index contributed by atoms with van der Waals surface area (Å²) in [7, 11) is 0. The second kappa shape index (κ2) is 6.54. The van der Waals surface area contributed by atoms with E-state index in [2.05, 4.69) is 4.90 Å². The maximum atomic E-state index is 11.6. The van der Waals surface area contributed by atoms with Crippen molar-refractivity contribution >= 4 is 5.97 Å². The number of nitrogens with zero attached hydrogens (tertiary/aromatic N) is 1. The van der Waals surface area contributed by atoms with E-state index >= 15 is 0 Å². The zero-order valence-electron chi connectivity index (χ0n) is 15.2. The molecule has 5 rings (SSSR count). The van der Waals surface area contributed by atoms with E-state index in [9.17, 15) is 4.79 Å². The summed E-state index contributed by atoms with van der Waals surface area (Å²) >= 11 is 0. The van der Waals surface area contributed by atoms with E-state index in [0.717, 1.165) is 30.9 Å². The molecule has 1 aliphatic carbocycles. The quantitative estimate of drug-likeness (QED) is 0.778. The average molecular weight is 357 g/mol. The summed E-state index contributed by atoms with van der Waals surface area (Å²) in [5.41, 5.74) is 2.08. The summed E-state index contributed by atoms with van der Waals surface area (Å²) in [6.45, 7) is 4.61. The predicted molar refractivity (Wildman–Crippen MR) is 96.3 cm³/mol. The first kappa shape index (κ1) is 16.6. The maximum Gasteiger partial charge on any atom is 0.338 e. The molecule has 2 saturated heterocycles. The Hall–Kier alpha value is -1.59. The first-order chi connectivity index (χ1) is 12.7. The van der Waals surface area contributed by atoms with Crippen molar-refractivity contribution in [3.63, 3.8) is 0 Å². The third kappa shape index (κ3) is 2.91. The summed E-state index contributed by atoms with van der Waals surface area (Å²) in [6, 6.07) is 6.26. The summed E-state index contributed by atoms with van der Waals surface area (Å²) in [4.78, 5) is 14.3. The highest BCUT2D eigenvalue weighted by Gasteiger charge is 2.42. The largest absolute Gasteiger partial charge is 0.489 e. The Balaban J connectivity index is 1.24. The van der Waals surface area contributed by atoms with Gasteiger partial charge in [-0.3, -0.25) is 4.90 Å². The van der Waals surface area contributed by atoms with Crippen LogP contribution in [0, 0.1) is 5.41 Å². The first-order valence-corrected chi connectivity index (χ1v) is 10.0. The summed E-state index contributed by atoms with van der Waals surface area (Å²) in [5, 5.41) is 0. The molecule has 0 bridgehead atoms. The smallest absolute Gasteiger partial charge is 0.338 e. The molecule has 140 valence electrons. The van der Waals surface area contributed by atoms with Crippen LogP contribution < -0.4 is 4.74 Å². The summed E-state index contributed by atoms with van der Waals surface area (Å²) in [5.74, 6) is 0.653. The highest BCUT2D eigenvalue weighted by atomic mass is 16.5. The number of hydrogen-bond donors (Lipinski definition) is 0. The fraction of sp³-hybridized carbons (Fsp3) is 0.667. The van der Waals surface area contributed by atoms with Crippen LogP contribution in [0.5, 0.6) is 5.75 Å². The number of carbonyl (C=O) groups is 1. The number of cyclic esters (lactones) is 1. The molecule has 26 heavy (non-hydrogen) atoms. The zero-order chi connectivity index (χ0) is 17.6. The van der Waals surface area contributed by atoms with Gasteiger partial charge in [0.15, 0.2) is 0 Å². The molecule has 3 aliphatic heterocycles. The van der Waals surface area contributed by atoms with Crippen molar-refractivity contribution in [3.8, 4) is 5.75 Å². The van der Waals surface area contributed by atoms with Crippen LogP contribution in [0.2, 0.25) is 0 Å². The average Bonchev–Trinajstić information content (AvgIpc) is 3.38. The standard InChI is InChI=1S/C21H27NO4/c23-20-17-5-4-16(12-15(17)13-25-20)26-19-3-1-2-18(19)22-9-6-21(7-10-22)8-11-24-14-21/h4-5,12,18-19H,1-3,6-11,13-14H2. The van der Waals surface area contributed by atoms with Gasteiger partial charge in [-0.2, -0.15) is 0 Å². The van der Waals surface area contributed by atoms with Gasteiger partial charge in [-0.25, -0.2) is 4.79 Å². The van der Waals surface area contributed by atoms with Crippen molar-refractivity contribution in [2.45, 2.75) is 57.3 Å². The molecule has 4 aliphatic rings. The summed E-state index contributed by atoms with van der Waals surface area (Å²) < 4.78 is 17.1. The molecular formula is C21H27NO4. The Morgan fingerprint density at radius 3 is 2.85 bits per heavy atom. The monoisotopic (exact) mass is 357 g/mol. The highest BCUT2D eigenvalue weighted by molar-refractivity contribution is 5.93. The zero-order valence-corrected chi connectivity index (χ0v) is 15.2. The molecule has 3 heterocycles. The fourth-order valence-electron chi connectivity index (χ4n) is 5.19. The number of fused-ring (bicyclic) bond motifs is 1. The Kier molecular flexibility index (Phi) is 4.17. The van der Waals surface area contributed by atoms with Gasteiger partial charge in [0.05, 0.1) is 12.2 Å². The minimum absolute atomic E-state index is 0.219. The van der Waals surface area contributed by atoms with Gasteiger partial charge in [-0.15, -0.1) is 0 Å². The van der Waals surface area contributed by atoms with E-state index in [4.69, 9.17) is 14.2 Å². The van der Waals surface area contributed by atoms with Gasteiger partial charge in [0.1, 0.15) is 18.5 Å². The third-order valence-corrected chi connectivity index (χ3v) is 6.87. The number of benzene rings is 1. The number of likely N-dealkylation sites (tertiary alicyclic amines) is 1. The summed E-state index contributed by atoms with van der Waals surface area (Å²) in [6.07, 6.45) is 7.57. The molecule has 2 atom stereocenters. The van der Waals surface area contributed by atoms with Crippen LogP contribution in [-0.2, 0) is 16.1 Å². The molecule has 1 spiro atoms. The number of ether oxygens (including phenoxy) is 3. The Labute approximate surface area is 154 Å². The van der Waals surface area contributed by atoms with Crippen LogP contribution in [0.1, 0.15) is 54.4 Å². The molecule has 2 unspecified atom stereocenters. The van der Waals surface area contributed by atoms with Gasteiger partial charge in [0.2, 0.25) is 0 Å².